The van der Waals surface area contributed by atoms with Crippen LogP contribution in [0.4, 0.5) is 42.9 Å². The first-order chi connectivity index (χ1) is 52.7. The molecule has 506 valence electrons. The molecule has 2 unspecified atom stereocenters. The first-order valence-electron chi connectivity index (χ1n) is 36.3. The van der Waals surface area contributed by atoms with Crippen molar-refractivity contribution in [2.24, 2.45) is 0 Å². The highest BCUT2D eigenvalue weighted by atomic mass is 32.1. The molecule has 1 aromatic heterocycles. The second-order valence-corrected chi connectivity index (χ2v) is 28.9. The number of hydrogen-bond donors (Lipinski definition) is 0. The monoisotopic (exact) mass is 1390 g/mol. The summed E-state index contributed by atoms with van der Waals surface area (Å²) in [5.41, 5.74) is 28.5. The summed E-state index contributed by atoms with van der Waals surface area (Å²) in [5, 5.41) is 2.24. The minimum atomic E-state index is -0.819. The number of benzene rings is 16. The molecule has 107 heavy (non-hydrogen) atoms. The molecule has 16 aromatic carbocycles. The predicted octanol–water partition coefficient (Wildman–Crippen LogP) is 28.0. The van der Waals surface area contributed by atoms with Crippen LogP contribution in [0.15, 0.2) is 389 Å². The molecule has 0 amide bonds. The van der Waals surface area contributed by atoms with Gasteiger partial charge in [0.25, 0.3) is 0 Å². The van der Waals surface area contributed by atoms with Crippen LogP contribution in [-0.2, 0) is 10.8 Å². The van der Waals surface area contributed by atoms with Gasteiger partial charge in [-0.25, -0.2) is 8.78 Å². The average Bonchev–Trinajstić information content (AvgIpc) is 1.56. The number of nitrogens with zero attached hydrogens (tertiary/aromatic N) is 2. The van der Waals surface area contributed by atoms with Crippen LogP contribution in [0.5, 0.6) is 0 Å². The molecule has 19 rings (SSSR count). The molecule has 2 nitrogen and oxygen atoms in total. The maximum Gasteiger partial charge on any atom is 0.123 e. The first-order valence-corrected chi connectivity index (χ1v) is 37.1. The molecule has 0 aliphatic heterocycles. The van der Waals surface area contributed by atoms with E-state index in [0.717, 1.165) is 166 Å². The van der Waals surface area contributed by atoms with E-state index < -0.39 is 10.8 Å². The molecule has 0 spiro atoms. The third-order valence-corrected chi connectivity index (χ3v) is 23.2. The maximum atomic E-state index is 15.3. The highest BCUT2D eigenvalue weighted by Gasteiger charge is 2.48. The highest BCUT2D eigenvalue weighted by Crippen LogP contribution is 2.60. The van der Waals surface area contributed by atoms with Gasteiger partial charge in [0, 0.05) is 54.3 Å². The molecule has 2 atom stereocenters. The highest BCUT2D eigenvalue weighted by molar-refractivity contribution is 7.25. The molecule has 5 heteroatoms. The van der Waals surface area contributed by atoms with Gasteiger partial charge in [-0.1, -0.05) is 280 Å². The van der Waals surface area contributed by atoms with E-state index in [-0.39, 0.29) is 11.6 Å². The van der Waals surface area contributed by atoms with Gasteiger partial charge in [-0.05, 0) is 244 Å². The molecule has 2 aliphatic rings. The zero-order chi connectivity index (χ0) is 71.7. The molecule has 17 aromatic rings. The van der Waals surface area contributed by atoms with Crippen molar-refractivity contribution in [1.29, 1.82) is 0 Å². The molecule has 0 fully saturated rings. The minimum absolute atomic E-state index is 0.287. The largest absolute Gasteiger partial charge is 0.310 e. The van der Waals surface area contributed by atoms with Crippen molar-refractivity contribution in [1.82, 2.24) is 0 Å². The second-order valence-electron chi connectivity index (χ2n) is 27.8. The number of halogens is 2. The van der Waals surface area contributed by atoms with Gasteiger partial charge in [0.05, 0.1) is 10.8 Å². The SMILES string of the molecule is C=Cc1ccc(C2(c3ccc(F)cc3)c3ccccc3-c3ccc(N(c4ccc(-c5cccc(-c6ccccc6)c5)cc4)c4ccc5sc6ccc(N(c7ccc(-c8cccc(-c9ccccc9)c8)cc7)c7ccc8c(c7)C(c7ccc(F)cc7)(c7ccc(C=C)cc7)c7ccccc7-8)cc6c5c4)cc32)cc1. The lowest BCUT2D eigenvalue weighted by atomic mass is 9.67. The van der Waals surface area contributed by atoms with Gasteiger partial charge in [-0.15, -0.1) is 11.3 Å². The lowest BCUT2D eigenvalue weighted by Gasteiger charge is -2.35. The van der Waals surface area contributed by atoms with Crippen LogP contribution in [0.3, 0.4) is 0 Å². The van der Waals surface area contributed by atoms with Crippen molar-refractivity contribution in [3.8, 4) is 66.8 Å². The van der Waals surface area contributed by atoms with Gasteiger partial charge < -0.3 is 9.80 Å². The van der Waals surface area contributed by atoms with Crippen LogP contribution in [0.1, 0.15) is 55.6 Å². The molecule has 0 saturated carbocycles. The second kappa shape index (κ2) is 26.4. The summed E-state index contributed by atoms with van der Waals surface area (Å²) in [6.07, 6.45) is 3.75. The van der Waals surface area contributed by atoms with E-state index in [2.05, 4.69) is 351 Å². The number of rotatable bonds is 16. The first kappa shape index (κ1) is 64.5. The zero-order valence-corrected chi connectivity index (χ0v) is 59.2. The molecule has 2 aliphatic carbocycles. The Morgan fingerprint density at radius 3 is 0.916 bits per heavy atom. The third kappa shape index (κ3) is 10.9. The van der Waals surface area contributed by atoms with Crippen molar-refractivity contribution in [2.75, 3.05) is 9.80 Å². The Bertz CT molecular complexity index is 5900. The van der Waals surface area contributed by atoms with Crippen molar-refractivity contribution in [3.63, 3.8) is 0 Å². The summed E-state index contributed by atoms with van der Waals surface area (Å²) in [5.74, 6) is -0.574. The Morgan fingerprint density at radius 2 is 0.542 bits per heavy atom. The molecule has 0 radical (unpaired) electrons. The van der Waals surface area contributed by atoms with Gasteiger partial charge in [-0.3, -0.25) is 0 Å². The van der Waals surface area contributed by atoms with Gasteiger partial charge in [0.15, 0.2) is 0 Å². The fourth-order valence-electron chi connectivity index (χ4n) is 17.1. The van der Waals surface area contributed by atoms with E-state index in [1.807, 2.05) is 36.4 Å². The lowest BCUT2D eigenvalue weighted by molar-refractivity contribution is 0.624. The molecule has 0 bridgehead atoms. The fourth-order valence-corrected chi connectivity index (χ4v) is 18.1. The lowest BCUT2D eigenvalue weighted by Crippen LogP contribution is -2.29. The minimum Gasteiger partial charge on any atom is -0.310 e. The summed E-state index contributed by atoms with van der Waals surface area (Å²) in [6, 6.07) is 133. The zero-order valence-electron chi connectivity index (χ0n) is 58.4. The fraction of sp³-hybridized carbons (Fsp3) is 0.0196. The summed E-state index contributed by atoms with van der Waals surface area (Å²) >= 11 is 1.80. The standard InChI is InChI=1S/C102H68F2N2S/c1-3-67-29-37-77(38-30-67)101(79-41-45-81(103)46-42-79)95-27-13-11-25-89(95)91-57-53-87(65-97(91)101)105(83-49-33-71(34-50-83)75-23-15-21-73(61-75)69-17-7-5-8-18-69)85-55-59-99-93(63-85)94-64-86(56-60-100(94)107-99)106(84-51-35-72(36-52-84)76-24-16-22-74(62-76)70-19-9-6-10-20-70)88-54-58-92-90-26-12-14-28-96(90)102(98(92)66-88,80-43-47-82(104)48-44-80)78-39-31-68(4-2)32-40-78/h3-66H,1-2H2. The molecule has 1 heterocycles. The Hall–Kier alpha value is -13.3. The van der Waals surface area contributed by atoms with Gasteiger partial charge in [0.1, 0.15) is 11.6 Å². The Labute approximate surface area is 626 Å². The van der Waals surface area contributed by atoms with Crippen LogP contribution in [0, 0.1) is 11.6 Å². The van der Waals surface area contributed by atoms with E-state index in [9.17, 15) is 0 Å². The van der Waals surface area contributed by atoms with Crippen molar-refractivity contribution >= 4 is 77.8 Å². The summed E-state index contributed by atoms with van der Waals surface area (Å²) < 4.78 is 32.9. The van der Waals surface area contributed by atoms with Gasteiger partial charge in [0.2, 0.25) is 0 Å². The van der Waals surface area contributed by atoms with E-state index in [0.29, 0.717) is 0 Å². The smallest absolute Gasteiger partial charge is 0.123 e. The van der Waals surface area contributed by atoms with E-state index >= 15 is 8.78 Å². The van der Waals surface area contributed by atoms with Gasteiger partial charge in [-0.2, -0.15) is 0 Å². The quantitative estimate of drug-likeness (QED) is 0.0951. The number of anilines is 6. The van der Waals surface area contributed by atoms with Crippen LogP contribution in [0.2, 0.25) is 0 Å². The third-order valence-electron chi connectivity index (χ3n) is 22.1. The van der Waals surface area contributed by atoms with Crippen molar-refractivity contribution in [3.05, 3.63) is 457 Å². The molecular weight excluding hydrogens is 1320 g/mol. The number of fused-ring (bicyclic) bond motifs is 9. The molecule has 0 N–H and O–H groups in total. The summed E-state index contributed by atoms with van der Waals surface area (Å²) in [7, 11) is 0. The normalized spacial score (nSPS) is 14.6. The van der Waals surface area contributed by atoms with Crippen LogP contribution >= 0.6 is 11.3 Å². The average molecular weight is 1390 g/mol. The van der Waals surface area contributed by atoms with E-state index in [1.165, 1.54) is 11.1 Å². The number of thiophene rings is 1. The topological polar surface area (TPSA) is 6.48 Å². The van der Waals surface area contributed by atoms with Crippen LogP contribution in [-0.4, -0.2) is 0 Å². The number of hydrogen-bond acceptors (Lipinski definition) is 3. The Balaban J connectivity index is 0.800. The summed E-state index contributed by atoms with van der Waals surface area (Å²) in [6.45, 7) is 8.23. The van der Waals surface area contributed by atoms with Crippen molar-refractivity contribution < 1.29 is 8.78 Å². The summed E-state index contributed by atoms with van der Waals surface area (Å²) in [4.78, 5) is 4.81. The molecular formula is C102H68F2N2S. The van der Waals surface area contributed by atoms with E-state index in [1.54, 1.807) is 35.6 Å². The van der Waals surface area contributed by atoms with Crippen LogP contribution in [0.25, 0.3) is 99.1 Å². The maximum absolute atomic E-state index is 15.3. The van der Waals surface area contributed by atoms with Crippen LogP contribution < -0.4 is 9.80 Å². The van der Waals surface area contributed by atoms with Crippen molar-refractivity contribution in [2.45, 2.75) is 10.8 Å². The Kier molecular flexibility index (Phi) is 15.9. The predicted molar refractivity (Wildman–Crippen MR) is 445 cm³/mol. The van der Waals surface area contributed by atoms with E-state index in [4.69, 9.17) is 0 Å². The van der Waals surface area contributed by atoms with Gasteiger partial charge >= 0.3 is 0 Å². The molecule has 0 saturated heterocycles. The Morgan fingerprint density at radius 1 is 0.243 bits per heavy atom.